The molecule has 126 valence electrons. The summed E-state index contributed by atoms with van der Waals surface area (Å²) < 4.78 is 7.31. The number of hydrogen-bond donors (Lipinski definition) is 2. The number of aliphatic hydroxyl groups excluding tert-OH is 1. The number of ether oxygens (including phenoxy) is 1. The first-order valence-corrected chi connectivity index (χ1v) is 7.87. The molecule has 2 N–H and O–H groups in total. The van der Waals surface area contributed by atoms with Gasteiger partial charge in [0.15, 0.2) is 17.0 Å². The largest absolute Gasteiger partial charge is 0.497 e. The van der Waals surface area contributed by atoms with Gasteiger partial charge in [-0.1, -0.05) is 0 Å². The Morgan fingerprint density at radius 1 is 1.21 bits per heavy atom. The minimum atomic E-state index is 0.0295. The number of benzene rings is 1. The Kier molecular flexibility index (Phi) is 4.61. The zero-order valence-electron chi connectivity index (χ0n) is 14.0. The summed E-state index contributed by atoms with van der Waals surface area (Å²) in [5, 5.41) is 12.1. The molecule has 1 aromatic carbocycles. The highest BCUT2D eigenvalue weighted by Gasteiger charge is 2.18. The van der Waals surface area contributed by atoms with E-state index in [0.29, 0.717) is 17.9 Å². The fraction of sp³-hybridized carbons (Fsp3) is 0.353. The molecule has 3 rings (SSSR count). The molecule has 0 aliphatic rings. The summed E-state index contributed by atoms with van der Waals surface area (Å²) in [6, 6.07) is 7.97. The topological polar surface area (TPSA) is 85.1 Å². The van der Waals surface area contributed by atoms with Gasteiger partial charge in [0.1, 0.15) is 17.9 Å². The average molecular weight is 327 g/mol. The molecule has 7 heteroatoms. The lowest BCUT2D eigenvalue weighted by atomic mass is 10.2. The second kappa shape index (κ2) is 6.84. The highest BCUT2D eigenvalue weighted by molar-refractivity contribution is 5.86. The molecular formula is C17H21N5O2. The molecule has 2 heterocycles. The quantitative estimate of drug-likeness (QED) is 0.723. The first-order valence-electron chi connectivity index (χ1n) is 7.87. The third kappa shape index (κ3) is 2.90. The molecule has 0 bridgehead atoms. The zero-order chi connectivity index (χ0) is 17.1. The summed E-state index contributed by atoms with van der Waals surface area (Å²) in [6.07, 6.45) is 1.51. The van der Waals surface area contributed by atoms with Crippen molar-refractivity contribution >= 4 is 17.0 Å². The highest BCUT2D eigenvalue weighted by Crippen LogP contribution is 2.30. The second-order valence-electron chi connectivity index (χ2n) is 5.67. The maximum atomic E-state index is 9.03. The van der Waals surface area contributed by atoms with Crippen LogP contribution >= 0.6 is 0 Å². The van der Waals surface area contributed by atoms with Gasteiger partial charge in [0, 0.05) is 18.2 Å². The van der Waals surface area contributed by atoms with E-state index in [1.165, 1.54) is 6.33 Å². The number of fused-ring (bicyclic) bond motifs is 1. The van der Waals surface area contributed by atoms with E-state index in [4.69, 9.17) is 14.8 Å². The van der Waals surface area contributed by atoms with Crippen LogP contribution in [0.15, 0.2) is 30.6 Å². The number of methoxy groups -OCH3 is 1. The first kappa shape index (κ1) is 16.2. The lowest BCUT2D eigenvalue weighted by molar-refractivity contribution is 0.311. The van der Waals surface area contributed by atoms with Crippen LogP contribution in [0.5, 0.6) is 5.75 Å². The van der Waals surface area contributed by atoms with E-state index in [0.717, 1.165) is 22.8 Å². The minimum absolute atomic E-state index is 0.0295. The second-order valence-corrected chi connectivity index (χ2v) is 5.67. The zero-order valence-corrected chi connectivity index (χ0v) is 14.0. The number of rotatable bonds is 6. The Morgan fingerprint density at radius 3 is 2.58 bits per heavy atom. The van der Waals surface area contributed by atoms with Crippen molar-refractivity contribution in [1.82, 2.24) is 19.5 Å². The summed E-state index contributed by atoms with van der Waals surface area (Å²) in [6.45, 7) is 4.63. The van der Waals surface area contributed by atoms with Gasteiger partial charge in [0.2, 0.25) is 0 Å². The predicted molar refractivity (Wildman–Crippen MR) is 93.3 cm³/mol. The van der Waals surface area contributed by atoms with E-state index in [-0.39, 0.29) is 12.6 Å². The lowest BCUT2D eigenvalue weighted by Gasteiger charge is -2.12. The van der Waals surface area contributed by atoms with Crippen molar-refractivity contribution in [3.05, 3.63) is 30.6 Å². The van der Waals surface area contributed by atoms with E-state index in [2.05, 4.69) is 33.7 Å². The van der Waals surface area contributed by atoms with Crippen LogP contribution in [0.3, 0.4) is 0 Å². The van der Waals surface area contributed by atoms with Crippen LogP contribution in [0.2, 0.25) is 0 Å². The van der Waals surface area contributed by atoms with Gasteiger partial charge in [0.25, 0.3) is 0 Å². The fourth-order valence-electron chi connectivity index (χ4n) is 2.65. The summed E-state index contributed by atoms with van der Waals surface area (Å²) in [7, 11) is 1.65. The molecule has 0 fully saturated rings. The molecule has 0 aliphatic carbocycles. The maximum absolute atomic E-state index is 9.03. The Morgan fingerprint density at radius 2 is 1.96 bits per heavy atom. The lowest BCUT2D eigenvalue weighted by Crippen LogP contribution is -2.08. The maximum Gasteiger partial charge on any atom is 0.166 e. The van der Waals surface area contributed by atoms with E-state index in [1.54, 1.807) is 7.11 Å². The Labute approximate surface area is 140 Å². The molecule has 3 aromatic rings. The van der Waals surface area contributed by atoms with Crippen LogP contribution in [0.1, 0.15) is 19.9 Å². The average Bonchev–Trinajstić information content (AvgIpc) is 3.00. The van der Waals surface area contributed by atoms with Crippen molar-refractivity contribution in [2.24, 2.45) is 0 Å². The molecule has 24 heavy (non-hydrogen) atoms. The minimum Gasteiger partial charge on any atom is -0.497 e. The number of nitrogens with zero attached hydrogens (tertiary/aromatic N) is 4. The Bertz CT molecular complexity index is 827. The number of imidazole rings is 1. The Hall–Kier alpha value is -2.67. The molecule has 0 atom stereocenters. The van der Waals surface area contributed by atoms with E-state index in [9.17, 15) is 0 Å². The highest BCUT2D eigenvalue weighted by atomic mass is 16.5. The third-order valence-corrected chi connectivity index (χ3v) is 3.75. The van der Waals surface area contributed by atoms with Crippen molar-refractivity contribution in [2.45, 2.75) is 19.9 Å². The molecule has 0 amide bonds. The van der Waals surface area contributed by atoms with Crippen molar-refractivity contribution in [3.8, 4) is 17.1 Å². The van der Waals surface area contributed by atoms with Crippen LogP contribution in [0.4, 0.5) is 5.82 Å². The molecule has 0 unspecified atom stereocenters. The summed E-state index contributed by atoms with van der Waals surface area (Å²) >= 11 is 0. The molecule has 0 saturated heterocycles. The summed E-state index contributed by atoms with van der Waals surface area (Å²) in [5.41, 5.74) is 2.45. The van der Waals surface area contributed by atoms with Crippen LogP contribution < -0.4 is 10.1 Å². The van der Waals surface area contributed by atoms with Gasteiger partial charge in [-0.25, -0.2) is 15.0 Å². The third-order valence-electron chi connectivity index (χ3n) is 3.75. The molecular weight excluding hydrogens is 306 g/mol. The number of aromatic nitrogens is 4. The van der Waals surface area contributed by atoms with Crippen LogP contribution in [-0.4, -0.2) is 44.9 Å². The van der Waals surface area contributed by atoms with Crippen molar-refractivity contribution < 1.29 is 9.84 Å². The van der Waals surface area contributed by atoms with Gasteiger partial charge in [0.05, 0.1) is 13.7 Å². The van der Waals surface area contributed by atoms with Gasteiger partial charge in [-0.2, -0.15) is 0 Å². The smallest absolute Gasteiger partial charge is 0.166 e. The number of aliphatic hydroxyl groups is 1. The molecule has 2 aromatic heterocycles. The van der Waals surface area contributed by atoms with Gasteiger partial charge in [-0.05, 0) is 38.1 Å². The van der Waals surface area contributed by atoms with Gasteiger partial charge < -0.3 is 19.7 Å². The monoisotopic (exact) mass is 327 g/mol. The van der Waals surface area contributed by atoms with Crippen molar-refractivity contribution in [2.75, 3.05) is 25.6 Å². The number of anilines is 1. The Balaban J connectivity index is 2.17. The predicted octanol–water partition coefficient (Wildman–Crippen LogP) is 2.49. The van der Waals surface area contributed by atoms with Gasteiger partial charge >= 0.3 is 0 Å². The fourth-order valence-corrected chi connectivity index (χ4v) is 2.65. The van der Waals surface area contributed by atoms with Crippen molar-refractivity contribution in [1.29, 1.82) is 0 Å². The van der Waals surface area contributed by atoms with Crippen molar-refractivity contribution in [3.63, 3.8) is 0 Å². The number of hydrogen-bond acceptors (Lipinski definition) is 6. The molecule has 7 nitrogen and oxygen atoms in total. The molecule has 0 spiro atoms. The van der Waals surface area contributed by atoms with E-state index in [1.807, 2.05) is 24.3 Å². The molecule has 0 radical (unpaired) electrons. The van der Waals surface area contributed by atoms with E-state index < -0.39 is 0 Å². The van der Waals surface area contributed by atoms with Crippen LogP contribution in [-0.2, 0) is 0 Å². The normalized spacial score (nSPS) is 11.2. The van der Waals surface area contributed by atoms with Gasteiger partial charge in [-0.3, -0.25) is 0 Å². The standard InChI is InChI=1S/C17H21N5O2/c1-11(2)22-16(12-4-6-13(24-3)7-5-12)21-14-15(18-8-9-23)19-10-20-17(14)22/h4-7,10-11,23H,8-9H2,1-3H3,(H,18,19,20). The number of nitrogens with one attached hydrogen (secondary N) is 1. The SMILES string of the molecule is COc1ccc(-c2nc3c(NCCO)ncnc3n2C(C)C)cc1. The van der Waals surface area contributed by atoms with E-state index >= 15 is 0 Å². The summed E-state index contributed by atoms with van der Waals surface area (Å²) in [4.78, 5) is 13.4. The summed E-state index contributed by atoms with van der Waals surface area (Å²) in [5.74, 6) is 2.26. The first-order chi connectivity index (χ1) is 11.7. The molecule has 0 saturated carbocycles. The van der Waals surface area contributed by atoms with Crippen LogP contribution in [0.25, 0.3) is 22.6 Å². The molecule has 0 aliphatic heterocycles. The van der Waals surface area contributed by atoms with Gasteiger partial charge in [-0.15, -0.1) is 0 Å². The van der Waals surface area contributed by atoms with Crippen LogP contribution in [0, 0.1) is 0 Å².